The standard InChI is InChI=1S/C57H46O23/c58-18-3-29(62)22-11-35(68)51(77-39(22)7-18)17-1-28-44(47(72)33(66)2-17)49(74)50(75)54-56(76)16-27(53-37(70)13-24-31(64)5-20(60)9-41(24)79-53)45(57(28,54)55-38(71)14-25-32(65)6-21(61)10-42(25)80-55)43-26(15-34(67)48(73)46(43)56)52-36(69)12-23-30(63)4-19(59)8-40(23)78-52/h1-10,15-16,35-38,45,51-53,55,58-65,67-71,73,75-76H,11-14H2,(H,66,72)/t35-,36-,37-,38-,45?,51-,52+,53-,55+,56+,57?/m1/s1. The van der Waals surface area contributed by atoms with Crippen LogP contribution in [0, 0.1) is 0 Å². The summed E-state index contributed by atoms with van der Waals surface area (Å²) in [6, 6.07) is 11.0. The highest BCUT2D eigenvalue weighted by atomic mass is 16.5. The third-order valence-electron chi connectivity index (χ3n) is 16.6. The van der Waals surface area contributed by atoms with Crippen molar-refractivity contribution < 1.29 is 111 Å². The Morgan fingerprint density at radius 1 is 0.475 bits per heavy atom. The fraction of sp³-hybridized carbons (Fsp3) is 0.263. The average molecular weight is 1100 g/mol. The first-order chi connectivity index (χ1) is 37.9. The van der Waals surface area contributed by atoms with E-state index in [2.05, 4.69) is 0 Å². The molecule has 0 aromatic heterocycles. The Kier molecular flexibility index (Phi) is 10.6. The fourth-order valence-corrected chi connectivity index (χ4v) is 13.5. The number of ether oxygens (including phenoxy) is 4. The number of ketones is 1. The number of aliphatic hydroxyl groups excluding tert-OH is 5. The summed E-state index contributed by atoms with van der Waals surface area (Å²) in [6.07, 6.45) is -15.7. The number of rotatable bonds is 4. The van der Waals surface area contributed by atoms with Crippen molar-refractivity contribution in [3.8, 4) is 86.2 Å². The van der Waals surface area contributed by atoms with Gasteiger partial charge in [-0.1, -0.05) is 0 Å². The molecular weight excluding hydrogens is 1050 g/mol. The molecule has 14 rings (SSSR count). The van der Waals surface area contributed by atoms with Crippen LogP contribution in [-0.4, -0.2) is 129 Å². The Bertz CT molecular complexity index is 3920. The maximum absolute atomic E-state index is 15.3. The van der Waals surface area contributed by atoms with Gasteiger partial charge in [0.05, 0.1) is 35.4 Å². The molecule has 23 nitrogen and oxygen atoms in total. The number of hydrogen-bond donors (Lipinski definition) is 17. The summed E-state index contributed by atoms with van der Waals surface area (Å²) in [6.45, 7) is 0. The van der Waals surface area contributed by atoms with E-state index >= 15 is 4.79 Å². The summed E-state index contributed by atoms with van der Waals surface area (Å²) in [5.41, 5.74) is -12.3. The minimum atomic E-state index is -3.28. The van der Waals surface area contributed by atoms with E-state index < -0.39 is 199 Å². The van der Waals surface area contributed by atoms with Gasteiger partial charge in [-0.25, -0.2) is 0 Å². The van der Waals surface area contributed by atoms with Gasteiger partial charge in [-0.3, -0.25) is 9.59 Å². The summed E-state index contributed by atoms with van der Waals surface area (Å²) in [5, 5.41) is 200. The molecule has 0 amide bonds. The van der Waals surface area contributed by atoms with Crippen molar-refractivity contribution in [1.82, 2.24) is 0 Å². The van der Waals surface area contributed by atoms with Gasteiger partial charge in [0, 0.05) is 119 Å². The summed E-state index contributed by atoms with van der Waals surface area (Å²) in [7, 11) is 0. The van der Waals surface area contributed by atoms with Crippen molar-refractivity contribution >= 4 is 5.78 Å². The van der Waals surface area contributed by atoms with Gasteiger partial charge in [0.25, 0.3) is 0 Å². The lowest BCUT2D eigenvalue weighted by Crippen LogP contribution is -2.67. The minimum Gasteiger partial charge on any atom is -0.508 e. The molecule has 0 spiro atoms. The predicted octanol–water partition coefficient (Wildman–Crippen LogP) is 2.78. The van der Waals surface area contributed by atoms with E-state index in [9.17, 15) is 91.6 Å². The van der Waals surface area contributed by atoms with Crippen molar-refractivity contribution in [2.24, 2.45) is 0 Å². The van der Waals surface area contributed by atoms with Crippen LogP contribution in [0.5, 0.6) is 86.2 Å². The zero-order chi connectivity index (χ0) is 56.7. The molecule has 6 aromatic rings. The molecule has 0 saturated carbocycles. The third-order valence-corrected chi connectivity index (χ3v) is 16.6. The molecule has 11 atom stereocenters. The number of allylic oxidation sites excluding steroid dienone is 1. The highest BCUT2D eigenvalue weighted by molar-refractivity contribution is 6.13. The molecule has 0 saturated heterocycles. The highest BCUT2D eigenvalue weighted by Crippen LogP contribution is 2.72. The zero-order valence-electron chi connectivity index (χ0n) is 41.0. The topological polar surface area (TPSA) is 415 Å². The van der Waals surface area contributed by atoms with Crippen LogP contribution in [0.3, 0.4) is 0 Å². The molecule has 0 fully saturated rings. The molecule has 4 aliphatic carbocycles. The van der Waals surface area contributed by atoms with Gasteiger partial charge in [-0.2, -0.15) is 0 Å². The first-order valence-corrected chi connectivity index (χ1v) is 24.9. The number of Topliss-reactive ketones (excluding diaryl/α,β-unsaturated/α-hetero) is 1. The first-order valence-electron chi connectivity index (χ1n) is 24.9. The van der Waals surface area contributed by atoms with Gasteiger partial charge in [0.15, 0.2) is 29.1 Å². The number of aromatic hydroxyl groups is 11. The molecule has 6 aromatic carbocycles. The largest absolute Gasteiger partial charge is 0.508 e. The summed E-state index contributed by atoms with van der Waals surface area (Å²) in [5.74, 6) is -13.7. The van der Waals surface area contributed by atoms with Crippen LogP contribution in [0.25, 0.3) is 0 Å². The molecule has 0 radical (unpaired) electrons. The average Bonchev–Trinajstić information content (AvgIpc) is 1.63. The smallest absolute Gasteiger partial charge is 0.231 e. The fourth-order valence-electron chi connectivity index (χ4n) is 13.5. The number of benzene rings is 5. The molecule has 2 bridgehead atoms. The SMILES string of the molecule is O=C1C(O)=C2C([C@H]3Oc4cc(O)cc(O)c4C[C@H]3O)(c3cc([C@H]4Oc5cc(O)cc(O)c5C[C@H]4O)cc(=O)c(O)c31)C1C([C@H]3Oc4cc(O)cc(O)c4C[C@H]3O)=C[C@]2(O)c2c(O)c(O)cc([C@@H]3Oc4cc(O)cc(O)c4C[C@H]3O)c21. The van der Waals surface area contributed by atoms with Crippen LogP contribution >= 0.6 is 0 Å². The van der Waals surface area contributed by atoms with Crippen molar-refractivity contribution in [2.45, 2.75) is 91.4 Å². The van der Waals surface area contributed by atoms with Crippen LogP contribution in [0.4, 0.5) is 0 Å². The maximum Gasteiger partial charge on any atom is 0.231 e. The third kappa shape index (κ3) is 6.78. The van der Waals surface area contributed by atoms with Crippen LogP contribution in [0.15, 0.2) is 94.5 Å². The lowest BCUT2D eigenvalue weighted by Gasteiger charge is -2.62. The predicted molar refractivity (Wildman–Crippen MR) is 268 cm³/mol. The second-order valence-corrected chi connectivity index (χ2v) is 21.2. The van der Waals surface area contributed by atoms with Crippen molar-refractivity contribution in [3.05, 3.63) is 156 Å². The molecule has 80 heavy (non-hydrogen) atoms. The van der Waals surface area contributed by atoms with Gasteiger partial charge in [0.2, 0.25) is 11.2 Å². The van der Waals surface area contributed by atoms with Crippen LogP contribution in [-0.2, 0) is 36.7 Å². The Morgan fingerprint density at radius 2 is 0.925 bits per heavy atom. The molecule has 8 aliphatic rings. The number of aliphatic hydroxyl groups is 6. The number of carbonyl (C=O) groups is 1. The van der Waals surface area contributed by atoms with Gasteiger partial charge in [0.1, 0.15) is 92.9 Å². The number of carbonyl (C=O) groups excluding carboxylic acids is 1. The molecular formula is C57H46O23. The summed E-state index contributed by atoms with van der Waals surface area (Å²) < 4.78 is 25.8. The Balaban J connectivity index is 1.18. The number of phenolic OH excluding ortho intramolecular Hbond substituents is 10. The normalized spacial score (nSPS) is 28.4. The number of hydrogen-bond acceptors (Lipinski definition) is 23. The second kappa shape index (κ2) is 16.9. The highest BCUT2D eigenvalue weighted by Gasteiger charge is 2.73. The zero-order valence-corrected chi connectivity index (χ0v) is 41.0. The summed E-state index contributed by atoms with van der Waals surface area (Å²) in [4.78, 5) is 29.8. The van der Waals surface area contributed by atoms with Crippen LogP contribution in [0.2, 0.25) is 0 Å². The van der Waals surface area contributed by atoms with E-state index in [0.717, 1.165) is 72.8 Å². The van der Waals surface area contributed by atoms with Crippen LogP contribution < -0.4 is 24.4 Å². The lowest BCUT2D eigenvalue weighted by atomic mass is 9.42. The quantitative estimate of drug-likeness (QED) is 0.0891. The van der Waals surface area contributed by atoms with Crippen LogP contribution in [0.1, 0.15) is 78.6 Å². The van der Waals surface area contributed by atoms with E-state index in [4.69, 9.17) is 18.9 Å². The maximum atomic E-state index is 15.3. The molecule has 17 N–H and O–H groups in total. The molecule has 23 heteroatoms. The van der Waals surface area contributed by atoms with Crippen molar-refractivity contribution in [2.75, 3.05) is 0 Å². The van der Waals surface area contributed by atoms with E-state index in [1.807, 2.05) is 0 Å². The molecule has 4 aliphatic heterocycles. The number of phenols is 10. The van der Waals surface area contributed by atoms with Gasteiger partial charge in [-0.15, -0.1) is 0 Å². The molecule has 4 heterocycles. The van der Waals surface area contributed by atoms with Gasteiger partial charge >= 0.3 is 0 Å². The van der Waals surface area contributed by atoms with E-state index in [0.29, 0.717) is 0 Å². The molecule has 412 valence electrons. The number of fused-ring (bicyclic) bond motifs is 5. The van der Waals surface area contributed by atoms with Crippen molar-refractivity contribution in [3.63, 3.8) is 0 Å². The Labute approximate surface area is 448 Å². The van der Waals surface area contributed by atoms with Crippen molar-refractivity contribution in [1.29, 1.82) is 0 Å². The summed E-state index contributed by atoms with van der Waals surface area (Å²) >= 11 is 0. The monoisotopic (exact) mass is 1100 g/mol. The van der Waals surface area contributed by atoms with Gasteiger partial charge < -0.3 is 106 Å². The lowest BCUT2D eigenvalue weighted by molar-refractivity contribution is -0.0546. The Hall–Kier alpha value is -9.26. The van der Waals surface area contributed by atoms with E-state index in [1.165, 1.54) is 0 Å². The second-order valence-electron chi connectivity index (χ2n) is 21.2. The Morgan fingerprint density at radius 3 is 1.45 bits per heavy atom. The first kappa shape index (κ1) is 50.3. The van der Waals surface area contributed by atoms with E-state index in [-0.39, 0.29) is 62.0 Å². The van der Waals surface area contributed by atoms with E-state index in [1.54, 1.807) is 0 Å². The molecule has 2 unspecified atom stereocenters. The minimum absolute atomic E-state index is 0.00682. The van der Waals surface area contributed by atoms with Gasteiger partial charge in [-0.05, 0) is 46.5 Å².